The molecule has 2 heteroatoms. The van der Waals surface area contributed by atoms with Gasteiger partial charge in [0.05, 0.1) is 0 Å². The molecule has 0 spiro atoms. The van der Waals surface area contributed by atoms with E-state index in [4.69, 9.17) is 10.8 Å². The first-order chi connectivity index (χ1) is 6.29. The Morgan fingerprint density at radius 2 is 2.15 bits per heavy atom. The zero-order chi connectivity index (χ0) is 9.68. The first kappa shape index (κ1) is 9.96. The molecular formula is C11H15NO. The maximum atomic E-state index is 8.76. The van der Waals surface area contributed by atoms with Crippen LogP contribution in [-0.4, -0.2) is 11.7 Å². The van der Waals surface area contributed by atoms with Gasteiger partial charge in [0.15, 0.2) is 0 Å². The highest BCUT2D eigenvalue weighted by Gasteiger charge is 2.07. The summed E-state index contributed by atoms with van der Waals surface area (Å²) in [5, 5.41) is 8.76. The van der Waals surface area contributed by atoms with Crippen molar-refractivity contribution in [1.82, 2.24) is 0 Å². The normalized spacial score (nSPS) is 12.5. The number of rotatable bonds is 4. The minimum atomic E-state index is -0.0980. The van der Waals surface area contributed by atoms with Crippen LogP contribution in [0.3, 0.4) is 0 Å². The van der Waals surface area contributed by atoms with Crippen molar-refractivity contribution in [3.8, 4) is 0 Å². The van der Waals surface area contributed by atoms with Crippen molar-refractivity contribution in [3.63, 3.8) is 0 Å². The second kappa shape index (κ2) is 4.80. The molecule has 13 heavy (non-hydrogen) atoms. The van der Waals surface area contributed by atoms with Gasteiger partial charge in [0.2, 0.25) is 0 Å². The molecule has 0 aromatic heterocycles. The SMILES string of the molecule is C=Cc1ccccc1[C@H](N)CCO. The van der Waals surface area contributed by atoms with Crippen molar-refractivity contribution >= 4 is 6.08 Å². The summed E-state index contributed by atoms with van der Waals surface area (Å²) in [6.07, 6.45) is 2.37. The molecule has 1 aromatic rings. The van der Waals surface area contributed by atoms with Gasteiger partial charge >= 0.3 is 0 Å². The van der Waals surface area contributed by atoms with Crippen molar-refractivity contribution in [2.45, 2.75) is 12.5 Å². The van der Waals surface area contributed by atoms with Gasteiger partial charge in [0.25, 0.3) is 0 Å². The summed E-state index contributed by atoms with van der Waals surface area (Å²) in [6.45, 7) is 3.83. The van der Waals surface area contributed by atoms with E-state index in [9.17, 15) is 0 Å². The molecule has 1 aromatic carbocycles. The number of nitrogens with two attached hydrogens (primary N) is 1. The maximum Gasteiger partial charge on any atom is 0.0449 e. The summed E-state index contributed by atoms with van der Waals surface area (Å²) >= 11 is 0. The largest absolute Gasteiger partial charge is 0.396 e. The monoisotopic (exact) mass is 177 g/mol. The van der Waals surface area contributed by atoms with Crippen LogP contribution >= 0.6 is 0 Å². The van der Waals surface area contributed by atoms with Crippen LogP contribution in [0.25, 0.3) is 6.08 Å². The number of aliphatic hydroxyl groups is 1. The molecular weight excluding hydrogens is 162 g/mol. The Morgan fingerprint density at radius 1 is 1.46 bits per heavy atom. The summed E-state index contributed by atoms with van der Waals surface area (Å²) in [5.74, 6) is 0. The van der Waals surface area contributed by atoms with E-state index in [1.807, 2.05) is 24.3 Å². The highest BCUT2D eigenvalue weighted by molar-refractivity contribution is 5.52. The van der Waals surface area contributed by atoms with Gasteiger partial charge < -0.3 is 10.8 Å². The number of aliphatic hydroxyl groups excluding tert-OH is 1. The highest BCUT2D eigenvalue weighted by atomic mass is 16.3. The number of hydrogen-bond acceptors (Lipinski definition) is 2. The average molecular weight is 177 g/mol. The molecule has 0 aliphatic carbocycles. The second-order valence-electron chi connectivity index (χ2n) is 2.95. The van der Waals surface area contributed by atoms with Gasteiger partial charge in [-0.15, -0.1) is 0 Å². The van der Waals surface area contributed by atoms with Gasteiger partial charge in [-0.3, -0.25) is 0 Å². The van der Waals surface area contributed by atoms with E-state index in [0.717, 1.165) is 11.1 Å². The zero-order valence-corrected chi connectivity index (χ0v) is 7.61. The quantitative estimate of drug-likeness (QED) is 0.735. The first-order valence-corrected chi connectivity index (χ1v) is 4.37. The van der Waals surface area contributed by atoms with Crippen LogP contribution in [0.4, 0.5) is 0 Å². The zero-order valence-electron chi connectivity index (χ0n) is 7.61. The van der Waals surface area contributed by atoms with E-state index >= 15 is 0 Å². The average Bonchev–Trinajstić information content (AvgIpc) is 2.18. The molecule has 0 aliphatic rings. The second-order valence-corrected chi connectivity index (χ2v) is 2.95. The molecule has 2 nitrogen and oxygen atoms in total. The van der Waals surface area contributed by atoms with Crippen LogP contribution in [0.5, 0.6) is 0 Å². The Balaban J connectivity index is 2.91. The predicted octanol–water partition coefficient (Wildman–Crippen LogP) is 1.71. The van der Waals surface area contributed by atoms with Crippen LogP contribution in [0, 0.1) is 0 Å². The van der Waals surface area contributed by atoms with E-state index in [1.165, 1.54) is 0 Å². The maximum absolute atomic E-state index is 8.76. The Kier molecular flexibility index (Phi) is 3.68. The predicted molar refractivity (Wildman–Crippen MR) is 55.2 cm³/mol. The molecule has 0 bridgehead atoms. The van der Waals surface area contributed by atoms with Crippen molar-refractivity contribution in [3.05, 3.63) is 42.0 Å². The third kappa shape index (κ3) is 2.41. The molecule has 0 heterocycles. The fourth-order valence-electron chi connectivity index (χ4n) is 1.33. The van der Waals surface area contributed by atoms with Crippen molar-refractivity contribution in [2.24, 2.45) is 5.73 Å². The lowest BCUT2D eigenvalue weighted by Gasteiger charge is -2.12. The standard InChI is InChI=1S/C11H15NO/c1-2-9-5-3-4-6-10(9)11(12)7-8-13/h2-6,11,13H,1,7-8,12H2/t11-/m1/s1. The third-order valence-corrected chi connectivity index (χ3v) is 2.06. The van der Waals surface area contributed by atoms with E-state index in [1.54, 1.807) is 6.08 Å². The minimum Gasteiger partial charge on any atom is -0.396 e. The topological polar surface area (TPSA) is 46.2 Å². The molecule has 0 unspecified atom stereocenters. The molecule has 0 fully saturated rings. The van der Waals surface area contributed by atoms with Crippen LogP contribution in [-0.2, 0) is 0 Å². The fraction of sp³-hybridized carbons (Fsp3) is 0.273. The first-order valence-electron chi connectivity index (χ1n) is 4.37. The number of benzene rings is 1. The number of hydrogen-bond donors (Lipinski definition) is 2. The van der Waals surface area contributed by atoms with E-state index in [-0.39, 0.29) is 12.6 Å². The minimum absolute atomic E-state index is 0.0980. The van der Waals surface area contributed by atoms with Crippen molar-refractivity contribution < 1.29 is 5.11 Å². The van der Waals surface area contributed by atoms with Crippen LogP contribution < -0.4 is 5.73 Å². The summed E-state index contributed by atoms with van der Waals surface area (Å²) in [6, 6.07) is 7.74. The Labute approximate surface area is 78.7 Å². The van der Waals surface area contributed by atoms with Gasteiger partial charge in [-0.2, -0.15) is 0 Å². The lowest BCUT2D eigenvalue weighted by molar-refractivity contribution is 0.276. The summed E-state index contributed by atoms with van der Waals surface area (Å²) in [7, 11) is 0. The molecule has 1 rings (SSSR count). The van der Waals surface area contributed by atoms with Crippen LogP contribution in [0.2, 0.25) is 0 Å². The smallest absolute Gasteiger partial charge is 0.0449 e. The summed E-state index contributed by atoms with van der Waals surface area (Å²) in [5.41, 5.74) is 7.97. The summed E-state index contributed by atoms with van der Waals surface area (Å²) < 4.78 is 0. The molecule has 0 radical (unpaired) electrons. The third-order valence-electron chi connectivity index (χ3n) is 2.06. The van der Waals surface area contributed by atoms with E-state index in [2.05, 4.69) is 6.58 Å². The summed E-state index contributed by atoms with van der Waals surface area (Å²) in [4.78, 5) is 0. The van der Waals surface area contributed by atoms with E-state index in [0.29, 0.717) is 6.42 Å². The molecule has 70 valence electrons. The molecule has 3 N–H and O–H groups in total. The van der Waals surface area contributed by atoms with Gasteiger partial charge in [-0.05, 0) is 17.5 Å². The lowest BCUT2D eigenvalue weighted by atomic mass is 9.99. The molecule has 0 amide bonds. The fourth-order valence-corrected chi connectivity index (χ4v) is 1.33. The van der Waals surface area contributed by atoms with Gasteiger partial charge in [-0.25, -0.2) is 0 Å². The van der Waals surface area contributed by atoms with Gasteiger partial charge in [0.1, 0.15) is 0 Å². The van der Waals surface area contributed by atoms with Crippen molar-refractivity contribution in [1.29, 1.82) is 0 Å². The Hall–Kier alpha value is -1.12. The van der Waals surface area contributed by atoms with Gasteiger partial charge in [0, 0.05) is 12.6 Å². The Morgan fingerprint density at radius 3 is 2.77 bits per heavy atom. The molecule has 0 saturated heterocycles. The Bertz CT molecular complexity index is 283. The molecule has 1 atom stereocenters. The highest BCUT2D eigenvalue weighted by Crippen LogP contribution is 2.19. The van der Waals surface area contributed by atoms with Crippen molar-refractivity contribution in [2.75, 3.05) is 6.61 Å². The van der Waals surface area contributed by atoms with E-state index < -0.39 is 0 Å². The molecule has 0 aliphatic heterocycles. The van der Waals surface area contributed by atoms with Crippen LogP contribution in [0.15, 0.2) is 30.8 Å². The van der Waals surface area contributed by atoms with Gasteiger partial charge in [-0.1, -0.05) is 36.9 Å². The molecule has 0 saturated carbocycles. The lowest BCUT2D eigenvalue weighted by Crippen LogP contribution is -2.13. The van der Waals surface area contributed by atoms with Crippen LogP contribution in [0.1, 0.15) is 23.6 Å².